The number of rotatable bonds is 5. The minimum Gasteiger partial charge on any atom is -0.455 e. The van der Waals surface area contributed by atoms with Crippen molar-refractivity contribution < 1.29 is 18.7 Å². The Labute approximate surface area is 136 Å². The molecule has 1 aromatic heterocycles. The average molecular weight is 319 g/mol. The first-order valence-corrected chi connectivity index (χ1v) is 8.64. The molecule has 1 amide bonds. The van der Waals surface area contributed by atoms with E-state index in [1.807, 2.05) is 6.92 Å². The summed E-state index contributed by atoms with van der Waals surface area (Å²) in [5, 5.41) is 2.99. The van der Waals surface area contributed by atoms with Crippen LogP contribution in [0.25, 0.3) is 0 Å². The van der Waals surface area contributed by atoms with Crippen LogP contribution in [0.1, 0.15) is 77.7 Å². The van der Waals surface area contributed by atoms with Gasteiger partial charge in [-0.1, -0.05) is 0 Å². The molecule has 3 rings (SSSR count). The third kappa shape index (κ3) is 3.50. The molecule has 2 aliphatic rings. The highest BCUT2D eigenvalue weighted by Gasteiger charge is 2.29. The van der Waals surface area contributed by atoms with E-state index < -0.39 is 0 Å². The van der Waals surface area contributed by atoms with E-state index in [4.69, 9.17) is 9.15 Å². The highest BCUT2D eigenvalue weighted by Crippen LogP contribution is 2.29. The summed E-state index contributed by atoms with van der Waals surface area (Å²) >= 11 is 0. The van der Waals surface area contributed by atoms with E-state index in [2.05, 4.69) is 5.32 Å². The molecule has 5 nitrogen and oxygen atoms in total. The molecule has 0 saturated carbocycles. The molecular formula is C18H25NO4. The normalized spacial score (nSPS) is 22.0. The summed E-state index contributed by atoms with van der Waals surface area (Å²) < 4.78 is 11.3. The molecule has 1 aliphatic heterocycles. The third-order valence-electron chi connectivity index (χ3n) is 4.84. The monoisotopic (exact) mass is 319 g/mol. The highest BCUT2D eigenvalue weighted by molar-refractivity contribution is 6.03. The number of nitrogens with one attached hydrogen (secondary N) is 1. The SMILES string of the molecule is Cc1c(C(=O)N[C@@H](C)CC[C@@H]2CCCO2)oc2c1C(=O)CCC2. The predicted molar refractivity (Wildman–Crippen MR) is 85.8 cm³/mol. The Morgan fingerprint density at radius 2 is 2.17 bits per heavy atom. The lowest BCUT2D eigenvalue weighted by Crippen LogP contribution is -2.33. The van der Waals surface area contributed by atoms with Crippen LogP contribution in [0.5, 0.6) is 0 Å². The Morgan fingerprint density at radius 3 is 2.87 bits per heavy atom. The highest BCUT2D eigenvalue weighted by atomic mass is 16.5. The van der Waals surface area contributed by atoms with Crippen LogP contribution < -0.4 is 5.32 Å². The quantitative estimate of drug-likeness (QED) is 0.905. The zero-order chi connectivity index (χ0) is 16.4. The summed E-state index contributed by atoms with van der Waals surface area (Å²) in [4.78, 5) is 24.5. The molecule has 0 spiro atoms. The van der Waals surface area contributed by atoms with E-state index in [1.54, 1.807) is 6.92 Å². The van der Waals surface area contributed by atoms with Crippen molar-refractivity contribution in [2.45, 2.75) is 70.9 Å². The second-order valence-corrected chi connectivity index (χ2v) is 6.72. The number of carbonyl (C=O) groups is 2. The number of aryl methyl sites for hydroxylation is 1. The van der Waals surface area contributed by atoms with Crippen LogP contribution in [0.2, 0.25) is 0 Å². The van der Waals surface area contributed by atoms with Gasteiger partial charge in [-0.3, -0.25) is 9.59 Å². The summed E-state index contributed by atoms with van der Waals surface area (Å²) in [7, 11) is 0. The van der Waals surface area contributed by atoms with Crippen molar-refractivity contribution in [3.05, 3.63) is 22.6 Å². The van der Waals surface area contributed by atoms with Crippen molar-refractivity contribution in [1.82, 2.24) is 5.32 Å². The number of ether oxygens (including phenoxy) is 1. The van der Waals surface area contributed by atoms with Gasteiger partial charge in [0.2, 0.25) is 0 Å². The predicted octanol–water partition coefficient (Wildman–Crippen LogP) is 3.18. The van der Waals surface area contributed by atoms with Crippen LogP contribution >= 0.6 is 0 Å². The van der Waals surface area contributed by atoms with Gasteiger partial charge in [0.15, 0.2) is 11.5 Å². The van der Waals surface area contributed by atoms with Gasteiger partial charge < -0.3 is 14.5 Å². The van der Waals surface area contributed by atoms with Crippen LogP contribution in [0.4, 0.5) is 0 Å². The van der Waals surface area contributed by atoms with E-state index in [-0.39, 0.29) is 17.7 Å². The molecule has 1 saturated heterocycles. The Morgan fingerprint density at radius 1 is 1.35 bits per heavy atom. The largest absolute Gasteiger partial charge is 0.455 e. The standard InChI is InChI=1S/C18H25NO4/c1-11(8-9-13-5-4-10-22-13)19-18(21)17-12(2)16-14(20)6-3-7-15(16)23-17/h11,13H,3-10H2,1-2H3,(H,19,21)/t11-,13-/m0/s1. The van der Waals surface area contributed by atoms with Crippen molar-refractivity contribution in [3.63, 3.8) is 0 Å². The number of amides is 1. The molecule has 2 atom stereocenters. The molecule has 126 valence electrons. The topological polar surface area (TPSA) is 68.5 Å². The lowest BCUT2D eigenvalue weighted by molar-refractivity contribution is 0.0874. The van der Waals surface area contributed by atoms with Crippen LogP contribution in [-0.4, -0.2) is 30.4 Å². The number of Topliss-reactive ketones (excluding diaryl/α,β-unsaturated/α-hetero) is 1. The molecule has 23 heavy (non-hydrogen) atoms. The average Bonchev–Trinajstić information content (AvgIpc) is 3.14. The second kappa shape index (κ2) is 6.87. The maximum absolute atomic E-state index is 12.4. The fourth-order valence-corrected chi connectivity index (χ4v) is 3.53. The lowest BCUT2D eigenvalue weighted by atomic mass is 9.94. The van der Waals surface area contributed by atoms with Gasteiger partial charge in [0, 0.05) is 31.1 Å². The van der Waals surface area contributed by atoms with Gasteiger partial charge in [-0.25, -0.2) is 0 Å². The van der Waals surface area contributed by atoms with E-state index >= 15 is 0 Å². The third-order valence-corrected chi connectivity index (χ3v) is 4.84. The van der Waals surface area contributed by atoms with E-state index in [0.717, 1.165) is 45.1 Å². The minimum atomic E-state index is -0.218. The molecule has 0 unspecified atom stereocenters. The number of ketones is 1. The maximum atomic E-state index is 12.4. The van der Waals surface area contributed by atoms with Gasteiger partial charge in [0.1, 0.15) is 5.76 Å². The summed E-state index contributed by atoms with van der Waals surface area (Å²) in [6.07, 6.45) is 6.53. The van der Waals surface area contributed by atoms with E-state index in [1.165, 1.54) is 0 Å². The summed E-state index contributed by atoms with van der Waals surface area (Å²) in [6.45, 7) is 4.66. The van der Waals surface area contributed by atoms with Gasteiger partial charge in [-0.2, -0.15) is 0 Å². The summed E-state index contributed by atoms with van der Waals surface area (Å²) in [5.74, 6) is 0.854. The first kappa shape index (κ1) is 16.2. The van der Waals surface area contributed by atoms with Crippen LogP contribution in [0.3, 0.4) is 0 Å². The maximum Gasteiger partial charge on any atom is 0.287 e. The van der Waals surface area contributed by atoms with Crippen molar-refractivity contribution in [2.75, 3.05) is 6.61 Å². The fourth-order valence-electron chi connectivity index (χ4n) is 3.53. The van der Waals surface area contributed by atoms with E-state index in [0.29, 0.717) is 35.2 Å². The zero-order valence-corrected chi connectivity index (χ0v) is 13.9. The smallest absolute Gasteiger partial charge is 0.287 e. The number of hydrogen-bond acceptors (Lipinski definition) is 4. The Bertz CT molecular complexity index is 598. The molecule has 1 fully saturated rings. The zero-order valence-electron chi connectivity index (χ0n) is 13.9. The number of hydrogen-bond donors (Lipinski definition) is 1. The molecular weight excluding hydrogens is 294 g/mol. The summed E-state index contributed by atoms with van der Waals surface area (Å²) in [5.41, 5.74) is 1.32. The number of fused-ring (bicyclic) bond motifs is 1. The van der Waals surface area contributed by atoms with Crippen molar-refractivity contribution in [3.8, 4) is 0 Å². The Hall–Kier alpha value is -1.62. The van der Waals surface area contributed by atoms with Gasteiger partial charge in [0.05, 0.1) is 11.7 Å². The molecule has 1 N–H and O–H groups in total. The first-order chi connectivity index (χ1) is 11.1. The fraction of sp³-hybridized carbons (Fsp3) is 0.667. The van der Waals surface area contributed by atoms with Gasteiger partial charge in [-0.15, -0.1) is 0 Å². The molecule has 5 heteroatoms. The van der Waals surface area contributed by atoms with Crippen molar-refractivity contribution in [1.29, 1.82) is 0 Å². The first-order valence-electron chi connectivity index (χ1n) is 8.64. The molecule has 2 heterocycles. The number of furan rings is 1. The van der Waals surface area contributed by atoms with Crippen LogP contribution in [0, 0.1) is 6.92 Å². The molecule has 0 radical (unpaired) electrons. The van der Waals surface area contributed by atoms with Gasteiger partial charge >= 0.3 is 0 Å². The van der Waals surface area contributed by atoms with Crippen LogP contribution in [0.15, 0.2) is 4.42 Å². The van der Waals surface area contributed by atoms with Gasteiger partial charge in [0.25, 0.3) is 5.91 Å². The van der Waals surface area contributed by atoms with Crippen molar-refractivity contribution >= 4 is 11.7 Å². The Balaban J connectivity index is 1.60. The Kier molecular flexibility index (Phi) is 4.85. The lowest BCUT2D eigenvalue weighted by Gasteiger charge is -2.15. The molecule has 1 aliphatic carbocycles. The van der Waals surface area contributed by atoms with Crippen molar-refractivity contribution in [2.24, 2.45) is 0 Å². The second-order valence-electron chi connectivity index (χ2n) is 6.72. The minimum absolute atomic E-state index is 0.0592. The van der Waals surface area contributed by atoms with Gasteiger partial charge in [-0.05, 0) is 46.0 Å². The number of carbonyl (C=O) groups excluding carboxylic acids is 2. The molecule has 0 aromatic carbocycles. The molecule has 1 aromatic rings. The molecule has 0 bridgehead atoms. The van der Waals surface area contributed by atoms with E-state index in [9.17, 15) is 9.59 Å². The summed E-state index contributed by atoms with van der Waals surface area (Å²) in [6, 6.07) is 0.0592. The van der Waals surface area contributed by atoms with Crippen LogP contribution in [-0.2, 0) is 11.2 Å².